The van der Waals surface area contributed by atoms with E-state index in [2.05, 4.69) is 15.9 Å². The summed E-state index contributed by atoms with van der Waals surface area (Å²) in [6.45, 7) is 0. The van der Waals surface area contributed by atoms with E-state index in [0.717, 1.165) is 15.6 Å². The Morgan fingerprint density at radius 3 is 1.95 bits per heavy atom. The van der Waals surface area contributed by atoms with Crippen molar-refractivity contribution in [2.24, 2.45) is 0 Å². The van der Waals surface area contributed by atoms with Crippen LogP contribution in [0.3, 0.4) is 0 Å². The van der Waals surface area contributed by atoms with Crippen molar-refractivity contribution < 1.29 is 21.9 Å². The molecule has 0 radical (unpaired) electrons. The molecular formula is C19H15BrFeO-6. The van der Waals surface area contributed by atoms with Crippen LogP contribution in [0.1, 0.15) is 15.9 Å². The van der Waals surface area contributed by atoms with Gasteiger partial charge in [-0.25, -0.2) is 0 Å². The van der Waals surface area contributed by atoms with Gasteiger partial charge in [0.1, 0.15) is 5.78 Å². The van der Waals surface area contributed by atoms with Crippen molar-refractivity contribution in [1.29, 1.82) is 0 Å². The van der Waals surface area contributed by atoms with Crippen molar-refractivity contribution in [2.45, 2.75) is 0 Å². The van der Waals surface area contributed by atoms with E-state index in [1.807, 2.05) is 84.9 Å². The Morgan fingerprint density at radius 2 is 1.45 bits per heavy atom. The molecule has 3 heteroatoms. The molecule has 0 saturated heterocycles. The molecule has 3 aromatic carbocycles. The SMILES string of the molecule is O=C(C=Cc1ccc(Br)cc1)[c-]1cccc1.[Fe].[cH-]1[cH-][cH-][cH-][cH-]1. The van der Waals surface area contributed by atoms with Gasteiger partial charge >= 0.3 is 0 Å². The van der Waals surface area contributed by atoms with Crippen LogP contribution in [-0.2, 0) is 17.1 Å². The van der Waals surface area contributed by atoms with Gasteiger partial charge in [0, 0.05) is 21.5 Å². The van der Waals surface area contributed by atoms with Gasteiger partial charge in [-0.3, -0.25) is 0 Å². The number of benzene rings is 1. The van der Waals surface area contributed by atoms with Gasteiger partial charge in [-0.05, 0) is 17.7 Å². The number of hydrogen-bond donors (Lipinski definition) is 0. The van der Waals surface area contributed by atoms with Crippen LogP contribution in [0.5, 0.6) is 0 Å². The first kappa shape index (κ1) is 18.4. The van der Waals surface area contributed by atoms with Crippen molar-refractivity contribution in [3.8, 4) is 0 Å². The largest absolute Gasteiger partial charge is 0.748 e. The van der Waals surface area contributed by atoms with Gasteiger partial charge in [0.25, 0.3) is 0 Å². The monoisotopic (exact) mass is 394 g/mol. The Labute approximate surface area is 150 Å². The summed E-state index contributed by atoms with van der Waals surface area (Å²) in [6.07, 6.45) is 3.42. The molecule has 0 fully saturated rings. The van der Waals surface area contributed by atoms with Crippen LogP contribution in [0.25, 0.3) is 6.08 Å². The van der Waals surface area contributed by atoms with Gasteiger partial charge in [0.15, 0.2) is 0 Å². The summed E-state index contributed by atoms with van der Waals surface area (Å²) in [5, 5.41) is 0. The summed E-state index contributed by atoms with van der Waals surface area (Å²) in [7, 11) is 0. The molecule has 22 heavy (non-hydrogen) atoms. The minimum atomic E-state index is 0. The zero-order valence-electron chi connectivity index (χ0n) is 11.8. The Morgan fingerprint density at radius 1 is 0.955 bits per heavy atom. The normalized spacial score (nSPS) is 9.68. The quantitative estimate of drug-likeness (QED) is 0.249. The summed E-state index contributed by atoms with van der Waals surface area (Å²) in [5.41, 5.74) is 1.75. The Bertz CT molecular complexity index is 648. The van der Waals surface area contributed by atoms with Crippen LogP contribution in [-0.4, -0.2) is 5.78 Å². The molecule has 1 nitrogen and oxygen atoms in total. The predicted octanol–water partition coefficient (Wildman–Crippen LogP) is 5.47. The third kappa shape index (κ3) is 6.40. The van der Waals surface area contributed by atoms with Crippen LogP contribution in [0.4, 0.5) is 0 Å². The van der Waals surface area contributed by atoms with Crippen LogP contribution < -0.4 is 0 Å². The van der Waals surface area contributed by atoms with Crippen LogP contribution in [0, 0.1) is 0 Å². The second-order valence-electron chi connectivity index (χ2n) is 4.38. The molecule has 0 atom stereocenters. The molecule has 0 bridgehead atoms. The van der Waals surface area contributed by atoms with Gasteiger partial charge in [-0.1, -0.05) is 45.8 Å². The van der Waals surface area contributed by atoms with E-state index in [4.69, 9.17) is 0 Å². The van der Waals surface area contributed by atoms with Gasteiger partial charge in [-0.15, -0.1) is 12.1 Å². The third-order valence-corrected chi connectivity index (χ3v) is 3.33. The van der Waals surface area contributed by atoms with E-state index in [-0.39, 0.29) is 22.9 Å². The molecule has 0 amide bonds. The number of allylic oxidation sites excluding steroid dienone is 1. The van der Waals surface area contributed by atoms with Gasteiger partial charge in [0.05, 0.1) is 0 Å². The van der Waals surface area contributed by atoms with Crippen molar-refractivity contribution in [3.63, 3.8) is 0 Å². The number of halogens is 1. The summed E-state index contributed by atoms with van der Waals surface area (Å²) >= 11 is 3.37. The molecule has 3 aromatic rings. The van der Waals surface area contributed by atoms with E-state index in [1.54, 1.807) is 6.08 Å². The van der Waals surface area contributed by atoms with Gasteiger partial charge in [0.2, 0.25) is 0 Å². The molecule has 0 spiro atoms. The Kier molecular flexibility index (Phi) is 8.46. The maximum absolute atomic E-state index is 11.6. The number of carbonyl (C=O) groups excluding carboxylic acids is 1. The number of carbonyl (C=O) groups is 1. The summed E-state index contributed by atoms with van der Waals surface area (Å²) < 4.78 is 1.03. The van der Waals surface area contributed by atoms with Crippen molar-refractivity contribution in [3.05, 3.63) is 101 Å². The minimum absolute atomic E-state index is 0. The molecule has 0 aliphatic heterocycles. The van der Waals surface area contributed by atoms with Crippen molar-refractivity contribution >= 4 is 27.8 Å². The number of hydrogen-bond acceptors (Lipinski definition) is 1. The maximum atomic E-state index is 11.6. The van der Waals surface area contributed by atoms with E-state index >= 15 is 0 Å². The van der Waals surface area contributed by atoms with Crippen LogP contribution in [0.15, 0.2) is 89.4 Å². The van der Waals surface area contributed by atoms with Crippen molar-refractivity contribution in [1.82, 2.24) is 0 Å². The third-order valence-electron chi connectivity index (χ3n) is 2.80. The second-order valence-corrected chi connectivity index (χ2v) is 5.30. The first-order chi connectivity index (χ1) is 10.3. The maximum Gasteiger partial charge on any atom is 0.105 e. The van der Waals surface area contributed by atoms with Crippen LogP contribution >= 0.6 is 15.9 Å². The fraction of sp³-hybridized carbons (Fsp3) is 0. The molecule has 118 valence electrons. The average molecular weight is 395 g/mol. The van der Waals surface area contributed by atoms with Crippen LogP contribution in [0.2, 0.25) is 0 Å². The van der Waals surface area contributed by atoms with E-state index < -0.39 is 0 Å². The first-order valence-corrected chi connectivity index (χ1v) is 7.41. The fourth-order valence-electron chi connectivity index (χ4n) is 1.70. The molecular weight excluding hydrogens is 380 g/mol. The zero-order valence-corrected chi connectivity index (χ0v) is 14.5. The molecule has 0 heterocycles. The standard InChI is InChI=1S/C14H10BrO.C5H5.Fe/c15-13-8-5-11(6-9-13)7-10-14(16)12-3-1-2-4-12;1-2-4-5-3-1;/h1-10H;1-5H;/q-1;-5;. The Hall–Kier alpha value is -1.67. The van der Waals surface area contributed by atoms with Crippen molar-refractivity contribution in [2.75, 3.05) is 0 Å². The molecule has 0 aliphatic rings. The fourth-order valence-corrected chi connectivity index (χ4v) is 1.97. The molecule has 0 aliphatic carbocycles. The van der Waals surface area contributed by atoms with E-state index in [0.29, 0.717) is 0 Å². The smallest absolute Gasteiger partial charge is 0.105 e. The summed E-state index contributed by atoms with van der Waals surface area (Å²) in [5.74, 6) is 0.0351. The second kappa shape index (κ2) is 10.1. The number of ketones is 1. The minimum Gasteiger partial charge on any atom is -0.748 e. The molecule has 0 N–H and O–H groups in total. The van der Waals surface area contributed by atoms with E-state index in [9.17, 15) is 4.79 Å². The number of rotatable bonds is 3. The van der Waals surface area contributed by atoms with E-state index in [1.165, 1.54) is 0 Å². The average Bonchev–Trinajstić information content (AvgIpc) is 3.21. The molecule has 0 unspecified atom stereocenters. The molecule has 3 rings (SSSR count). The zero-order chi connectivity index (χ0) is 14.9. The van der Waals surface area contributed by atoms with Gasteiger partial charge in [-0.2, -0.15) is 12.1 Å². The molecule has 0 aromatic heterocycles. The van der Waals surface area contributed by atoms with Gasteiger partial charge < -0.3 is 35.1 Å². The Balaban J connectivity index is 0.000000344. The first-order valence-electron chi connectivity index (χ1n) is 6.62. The predicted molar refractivity (Wildman–Crippen MR) is 91.6 cm³/mol. The summed E-state index contributed by atoms with van der Waals surface area (Å²) in [4.78, 5) is 11.6. The summed E-state index contributed by atoms with van der Waals surface area (Å²) in [6, 6.07) is 25.2. The molecule has 0 saturated carbocycles. The topological polar surface area (TPSA) is 17.1 Å².